The Balaban J connectivity index is 1.87. The molecule has 2 nitrogen and oxygen atoms in total. The molecule has 0 aliphatic rings. The van der Waals surface area contributed by atoms with Gasteiger partial charge in [-0.15, -0.1) is 0 Å². The van der Waals surface area contributed by atoms with Crippen molar-refractivity contribution in [3.63, 3.8) is 0 Å². The Hall–Kier alpha value is -1.71. The SMILES string of the molecule is CC(Cc1ccc(F)cc1)N[C@@H](CO)Cc1ccccc1. The van der Waals surface area contributed by atoms with E-state index in [9.17, 15) is 9.50 Å². The molecule has 2 atom stereocenters. The summed E-state index contributed by atoms with van der Waals surface area (Å²) in [6, 6.07) is 16.9. The van der Waals surface area contributed by atoms with E-state index in [-0.39, 0.29) is 24.5 Å². The van der Waals surface area contributed by atoms with Gasteiger partial charge in [0.1, 0.15) is 5.82 Å². The Bertz CT molecular complexity index is 527. The highest BCUT2D eigenvalue weighted by Crippen LogP contribution is 2.08. The van der Waals surface area contributed by atoms with Crippen LogP contribution in [0.4, 0.5) is 4.39 Å². The first-order chi connectivity index (χ1) is 10.2. The van der Waals surface area contributed by atoms with Crippen LogP contribution in [0.1, 0.15) is 18.1 Å². The van der Waals surface area contributed by atoms with Crippen molar-refractivity contribution in [2.45, 2.75) is 31.8 Å². The van der Waals surface area contributed by atoms with Crippen molar-refractivity contribution in [3.8, 4) is 0 Å². The largest absolute Gasteiger partial charge is 0.395 e. The van der Waals surface area contributed by atoms with Crippen LogP contribution in [0, 0.1) is 5.82 Å². The van der Waals surface area contributed by atoms with E-state index >= 15 is 0 Å². The zero-order valence-corrected chi connectivity index (χ0v) is 12.3. The third-order valence-electron chi connectivity index (χ3n) is 3.52. The smallest absolute Gasteiger partial charge is 0.123 e. The Morgan fingerprint density at radius 2 is 1.57 bits per heavy atom. The molecule has 0 saturated carbocycles. The lowest BCUT2D eigenvalue weighted by atomic mass is 10.0. The van der Waals surface area contributed by atoms with Crippen molar-refractivity contribution >= 4 is 0 Å². The molecule has 2 aromatic rings. The third kappa shape index (κ3) is 5.29. The summed E-state index contributed by atoms with van der Waals surface area (Å²) < 4.78 is 12.9. The molecular formula is C18H22FNO. The fraction of sp³-hybridized carbons (Fsp3) is 0.333. The summed E-state index contributed by atoms with van der Waals surface area (Å²) in [6.07, 6.45) is 1.61. The van der Waals surface area contributed by atoms with E-state index in [0.717, 1.165) is 18.4 Å². The molecular weight excluding hydrogens is 265 g/mol. The second kappa shape index (κ2) is 7.91. The summed E-state index contributed by atoms with van der Waals surface area (Å²) in [7, 11) is 0. The molecule has 0 heterocycles. The van der Waals surface area contributed by atoms with Gasteiger partial charge in [0.15, 0.2) is 0 Å². The second-order valence-corrected chi connectivity index (χ2v) is 5.47. The standard InChI is InChI=1S/C18H22FNO/c1-14(11-16-7-9-17(19)10-8-16)20-18(13-21)12-15-5-3-2-4-6-15/h2-10,14,18,20-21H,11-13H2,1H3/t14?,18-/m1/s1. The lowest BCUT2D eigenvalue weighted by Crippen LogP contribution is -2.41. The first-order valence-electron chi connectivity index (χ1n) is 7.32. The van der Waals surface area contributed by atoms with Crippen LogP contribution >= 0.6 is 0 Å². The molecule has 0 bridgehead atoms. The molecule has 0 fully saturated rings. The minimum atomic E-state index is -0.211. The molecule has 2 aromatic carbocycles. The van der Waals surface area contributed by atoms with E-state index < -0.39 is 0 Å². The molecule has 3 heteroatoms. The summed E-state index contributed by atoms with van der Waals surface area (Å²) in [6.45, 7) is 2.18. The van der Waals surface area contributed by atoms with Crippen molar-refractivity contribution in [2.24, 2.45) is 0 Å². The number of halogens is 1. The molecule has 2 N–H and O–H groups in total. The maximum atomic E-state index is 12.9. The van der Waals surface area contributed by atoms with Gasteiger partial charge in [0.2, 0.25) is 0 Å². The van der Waals surface area contributed by atoms with Crippen molar-refractivity contribution in [1.29, 1.82) is 0 Å². The molecule has 112 valence electrons. The number of rotatable bonds is 7. The van der Waals surface area contributed by atoms with Gasteiger partial charge < -0.3 is 10.4 Å². The number of aliphatic hydroxyl groups is 1. The first kappa shape index (κ1) is 15.7. The lowest BCUT2D eigenvalue weighted by Gasteiger charge is -2.22. The van der Waals surface area contributed by atoms with Gasteiger partial charge in [-0.05, 0) is 43.0 Å². The van der Waals surface area contributed by atoms with Crippen LogP contribution < -0.4 is 5.32 Å². The average molecular weight is 287 g/mol. The summed E-state index contributed by atoms with van der Waals surface area (Å²) in [5, 5.41) is 13.0. The minimum absolute atomic E-state index is 0.0304. The summed E-state index contributed by atoms with van der Waals surface area (Å²) in [5.74, 6) is -0.211. The number of hydrogen-bond acceptors (Lipinski definition) is 2. The predicted molar refractivity (Wildman–Crippen MR) is 83.7 cm³/mol. The van der Waals surface area contributed by atoms with E-state index in [1.807, 2.05) is 18.2 Å². The number of benzene rings is 2. The molecule has 0 spiro atoms. The second-order valence-electron chi connectivity index (χ2n) is 5.47. The van der Waals surface area contributed by atoms with E-state index in [1.54, 1.807) is 12.1 Å². The highest BCUT2D eigenvalue weighted by molar-refractivity contribution is 5.18. The summed E-state index contributed by atoms with van der Waals surface area (Å²) >= 11 is 0. The van der Waals surface area contributed by atoms with Crippen LogP contribution in [0.2, 0.25) is 0 Å². The Morgan fingerprint density at radius 3 is 2.19 bits per heavy atom. The van der Waals surface area contributed by atoms with Crippen molar-refractivity contribution in [3.05, 3.63) is 71.5 Å². The summed E-state index contributed by atoms with van der Waals surface area (Å²) in [5.41, 5.74) is 2.30. The van der Waals surface area contributed by atoms with Crippen LogP contribution in [0.25, 0.3) is 0 Å². The topological polar surface area (TPSA) is 32.3 Å². The minimum Gasteiger partial charge on any atom is -0.395 e. The molecule has 0 radical (unpaired) electrons. The lowest BCUT2D eigenvalue weighted by molar-refractivity contribution is 0.232. The fourth-order valence-electron chi connectivity index (χ4n) is 2.51. The Labute approximate surface area is 125 Å². The molecule has 1 unspecified atom stereocenters. The quantitative estimate of drug-likeness (QED) is 0.820. The van der Waals surface area contributed by atoms with Crippen LogP contribution in [-0.2, 0) is 12.8 Å². The Morgan fingerprint density at radius 1 is 0.952 bits per heavy atom. The number of hydrogen-bond donors (Lipinski definition) is 2. The zero-order chi connectivity index (χ0) is 15.1. The zero-order valence-electron chi connectivity index (χ0n) is 12.3. The molecule has 0 aromatic heterocycles. The van der Waals surface area contributed by atoms with E-state index in [1.165, 1.54) is 17.7 Å². The van der Waals surface area contributed by atoms with Gasteiger partial charge in [-0.25, -0.2) is 4.39 Å². The molecule has 0 amide bonds. The number of aliphatic hydroxyl groups excluding tert-OH is 1. The molecule has 0 aliphatic heterocycles. The van der Waals surface area contributed by atoms with Crippen molar-refractivity contribution in [2.75, 3.05) is 6.61 Å². The highest BCUT2D eigenvalue weighted by atomic mass is 19.1. The van der Waals surface area contributed by atoms with Crippen molar-refractivity contribution < 1.29 is 9.50 Å². The molecule has 0 saturated heterocycles. The van der Waals surface area contributed by atoms with E-state index in [4.69, 9.17) is 0 Å². The van der Waals surface area contributed by atoms with Crippen LogP contribution in [0.3, 0.4) is 0 Å². The van der Waals surface area contributed by atoms with Gasteiger partial charge in [0.05, 0.1) is 6.61 Å². The normalized spacial score (nSPS) is 13.9. The monoisotopic (exact) mass is 287 g/mol. The van der Waals surface area contributed by atoms with Crippen LogP contribution in [0.15, 0.2) is 54.6 Å². The fourth-order valence-corrected chi connectivity index (χ4v) is 2.51. The van der Waals surface area contributed by atoms with Crippen LogP contribution in [-0.4, -0.2) is 23.8 Å². The van der Waals surface area contributed by atoms with Crippen LogP contribution in [0.5, 0.6) is 0 Å². The van der Waals surface area contributed by atoms with Gasteiger partial charge in [-0.1, -0.05) is 42.5 Å². The first-order valence-corrected chi connectivity index (χ1v) is 7.32. The van der Waals surface area contributed by atoms with Gasteiger partial charge in [0, 0.05) is 12.1 Å². The number of nitrogens with one attached hydrogen (secondary N) is 1. The maximum Gasteiger partial charge on any atom is 0.123 e. The molecule has 2 rings (SSSR count). The Kier molecular flexibility index (Phi) is 5.90. The third-order valence-corrected chi connectivity index (χ3v) is 3.52. The van der Waals surface area contributed by atoms with Crippen molar-refractivity contribution in [1.82, 2.24) is 5.32 Å². The van der Waals surface area contributed by atoms with Gasteiger partial charge >= 0.3 is 0 Å². The average Bonchev–Trinajstić information content (AvgIpc) is 2.50. The van der Waals surface area contributed by atoms with E-state index in [2.05, 4.69) is 24.4 Å². The maximum absolute atomic E-state index is 12.9. The molecule has 21 heavy (non-hydrogen) atoms. The summed E-state index contributed by atoms with van der Waals surface area (Å²) in [4.78, 5) is 0. The highest BCUT2D eigenvalue weighted by Gasteiger charge is 2.12. The molecule has 0 aliphatic carbocycles. The van der Waals surface area contributed by atoms with E-state index in [0.29, 0.717) is 0 Å². The van der Waals surface area contributed by atoms with Gasteiger partial charge in [-0.3, -0.25) is 0 Å². The predicted octanol–water partition coefficient (Wildman–Crippen LogP) is 2.95. The van der Waals surface area contributed by atoms with Gasteiger partial charge in [0.25, 0.3) is 0 Å². The van der Waals surface area contributed by atoms with Gasteiger partial charge in [-0.2, -0.15) is 0 Å².